The molecule has 0 aromatic rings. The topological polar surface area (TPSA) is 65.1 Å². The number of rotatable bonds is 6. The Hall–Kier alpha value is -1.18. The van der Waals surface area contributed by atoms with Crippen LogP contribution in [0.3, 0.4) is 0 Å². The Labute approximate surface area is 169 Å². The Kier molecular flexibility index (Phi) is 7.71. The summed E-state index contributed by atoms with van der Waals surface area (Å²) in [6, 6.07) is 0.415. The van der Waals surface area contributed by atoms with Gasteiger partial charge in [-0.25, -0.2) is 0 Å². The highest BCUT2D eigenvalue weighted by atomic mass is 16.5. The van der Waals surface area contributed by atoms with E-state index in [0.29, 0.717) is 32.3 Å². The highest BCUT2D eigenvalue weighted by Gasteiger charge is 2.42. The highest BCUT2D eigenvalue weighted by Crippen LogP contribution is 2.32. The summed E-state index contributed by atoms with van der Waals surface area (Å²) in [5.41, 5.74) is -0.376. The van der Waals surface area contributed by atoms with Gasteiger partial charge < -0.3 is 19.9 Å². The lowest BCUT2D eigenvalue weighted by Gasteiger charge is -2.43. The van der Waals surface area contributed by atoms with Crippen molar-refractivity contribution in [2.24, 2.45) is 5.41 Å². The van der Waals surface area contributed by atoms with E-state index in [1.807, 2.05) is 16.8 Å². The molecule has 1 aliphatic carbocycles. The molecule has 0 aromatic carbocycles. The number of hydrogen-bond acceptors (Lipinski definition) is 5. The Balaban J connectivity index is 1.48. The number of amides is 2. The molecule has 28 heavy (non-hydrogen) atoms. The predicted molar refractivity (Wildman–Crippen MR) is 109 cm³/mol. The molecule has 0 spiro atoms. The van der Waals surface area contributed by atoms with Crippen LogP contribution in [0.25, 0.3) is 0 Å². The van der Waals surface area contributed by atoms with E-state index in [1.165, 1.54) is 19.3 Å². The lowest BCUT2D eigenvalue weighted by atomic mass is 9.78. The summed E-state index contributed by atoms with van der Waals surface area (Å²) in [7, 11) is 3.65. The second-order valence-electron chi connectivity index (χ2n) is 8.83. The lowest BCUT2D eigenvalue weighted by molar-refractivity contribution is -0.149. The van der Waals surface area contributed by atoms with Crippen LogP contribution in [0.15, 0.2) is 0 Å². The fourth-order valence-corrected chi connectivity index (χ4v) is 5.02. The number of piperidine rings is 1. The van der Waals surface area contributed by atoms with Crippen LogP contribution in [0.2, 0.25) is 0 Å². The van der Waals surface area contributed by atoms with E-state index in [2.05, 4.69) is 10.2 Å². The molecule has 0 aromatic heterocycles. The molecule has 0 radical (unpaired) electrons. The molecule has 3 aliphatic rings. The molecule has 0 bridgehead atoms. The van der Waals surface area contributed by atoms with E-state index in [1.54, 1.807) is 7.11 Å². The minimum Gasteiger partial charge on any atom is -0.384 e. The third-order valence-electron chi connectivity index (χ3n) is 6.97. The number of nitrogens with zero attached hydrogens (tertiary/aromatic N) is 3. The number of methoxy groups -OCH3 is 1. The molecule has 2 saturated heterocycles. The van der Waals surface area contributed by atoms with Gasteiger partial charge in [-0.1, -0.05) is 19.3 Å². The number of hydrogen-bond donors (Lipinski definition) is 1. The van der Waals surface area contributed by atoms with Gasteiger partial charge in [0, 0.05) is 46.4 Å². The molecule has 7 heteroatoms. The first kappa shape index (κ1) is 21.5. The first-order valence-electron chi connectivity index (χ1n) is 11.0. The number of nitrogens with one attached hydrogen (secondary N) is 1. The van der Waals surface area contributed by atoms with Crippen LogP contribution in [0.1, 0.15) is 44.9 Å². The molecule has 1 saturated carbocycles. The predicted octanol–water partition coefficient (Wildman–Crippen LogP) is 0.938. The Morgan fingerprint density at radius 2 is 1.71 bits per heavy atom. The minimum atomic E-state index is -0.376. The van der Waals surface area contributed by atoms with Crippen LogP contribution >= 0.6 is 0 Å². The Morgan fingerprint density at radius 3 is 2.32 bits per heavy atom. The lowest BCUT2D eigenvalue weighted by Crippen LogP contribution is -2.57. The summed E-state index contributed by atoms with van der Waals surface area (Å²) in [6.07, 6.45) is 7.73. The zero-order valence-corrected chi connectivity index (χ0v) is 17.8. The van der Waals surface area contributed by atoms with Gasteiger partial charge in [-0.05, 0) is 38.8 Å². The molecule has 0 unspecified atom stereocenters. The molecule has 2 amide bonds. The molecule has 7 nitrogen and oxygen atoms in total. The van der Waals surface area contributed by atoms with E-state index in [-0.39, 0.29) is 17.2 Å². The van der Waals surface area contributed by atoms with Crippen LogP contribution < -0.4 is 5.32 Å². The van der Waals surface area contributed by atoms with E-state index in [9.17, 15) is 9.59 Å². The molecule has 3 fully saturated rings. The van der Waals surface area contributed by atoms with E-state index >= 15 is 0 Å². The van der Waals surface area contributed by atoms with Crippen molar-refractivity contribution in [3.63, 3.8) is 0 Å². The van der Waals surface area contributed by atoms with Crippen LogP contribution in [0, 0.1) is 5.41 Å². The third-order valence-corrected chi connectivity index (χ3v) is 6.97. The normalized spacial score (nSPS) is 24.1. The van der Waals surface area contributed by atoms with Gasteiger partial charge in [-0.15, -0.1) is 0 Å². The molecular weight excluding hydrogens is 356 g/mol. The maximum absolute atomic E-state index is 13.2. The van der Waals surface area contributed by atoms with Crippen molar-refractivity contribution in [1.82, 2.24) is 20.0 Å². The SMILES string of the molecule is COCC1(C(=O)N2CCN(CC(=O)N(C)C3CCCCC3)CC2)CCNCC1. The largest absolute Gasteiger partial charge is 0.384 e. The van der Waals surface area contributed by atoms with Crippen LogP contribution in [-0.2, 0) is 14.3 Å². The van der Waals surface area contributed by atoms with Gasteiger partial charge in [-0.3, -0.25) is 14.5 Å². The fourth-order valence-electron chi connectivity index (χ4n) is 5.02. The second-order valence-corrected chi connectivity index (χ2v) is 8.83. The van der Waals surface area contributed by atoms with E-state index in [0.717, 1.165) is 51.9 Å². The van der Waals surface area contributed by atoms with Crippen molar-refractivity contribution in [3.8, 4) is 0 Å². The van der Waals surface area contributed by atoms with Gasteiger partial charge in [0.25, 0.3) is 0 Å². The molecule has 0 atom stereocenters. The van der Waals surface area contributed by atoms with Crippen molar-refractivity contribution < 1.29 is 14.3 Å². The maximum Gasteiger partial charge on any atom is 0.236 e. The summed E-state index contributed by atoms with van der Waals surface area (Å²) >= 11 is 0. The van der Waals surface area contributed by atoms with Crippen LogP contribution in [-0.4, -0.2) is 99.1 Å². The number of carbonyl (C=O) groups excluding carboxylic acids is 2. The van der Waals surface area contributed by atoms with Crippen molar-refractivity contribution >= 4 is 11.8 Å². The van der Waals surface area contributed by atoms with Crippen molar-refractivity contribution in [3.05, 3.63) is 0 Å². The summed E-state index contributed by atoms with van der Waals surface area (Å²) in [6.45, 7) is 5.68. The maximum atomic E-state index is 13.2. The molecular formula is C21H38N4O3. The fraction of sp³-hybridized carbons (Fsp3) is 0.905. The third kappa shape index (κ3) is 5.05. The zero-order valence-electron chi connectivity index (χ0n) is 17.8. The van der Waals surface area contributed by atoms with Gasteiger partial charge >= 0.3 is 0 Å². The van der Waals surface area contributed by atoms with Crippen molar-refractivity contribution in [2.75, 3.05) is 66.6 Å². The molecule has 2 aliphatic heterocycles. The zero-order chi connectivity index (χ0) is 20.0. The summed E-state index contributed by atoms with van der Waals surface area (Å²) < 4.78 is 5.42. The van der Waals surface area contributed by atoms with Gasteiger partial charge in [0.15, 0.2) is 0 Å². The summed E-state index contributed by atoms with van der Waals surface area (Å²) in [5.74, 6) is 0.460. The van der Waals surface area contributed by atoms with E-state index in [4.69, 9.17) is 4.74 Å². The van der Waals surface area contributed by atoms with Gasteiger partial charge in [0.2, 0.25) is 11.8 Å². The quantitative estimate of drug-likeness (QED) is 0.726. The molecule has 160 valence electrons. The standard InChI is InChI=1S/C21H38N4O3/c1-23(18-6-4-3-5-7-18)19(26)16-24-12-14-25(15-13-24)20(27)21(17-28-2)8-10-22-11-9-21/h18,22H,3-17H2,1-2H3. The summed E-state index contributed by atoms with van der Waals surface area (Å²) in [5, 5.41) is 3.35. The molecule has 1 N–H and O–H groups in total. The van der Waals surface area contributed by atoms with Gasteiger partial charge in [0.1, 0.15) is 0 Å². The van der Waals surface area contributed by atoms with E-state index < -0.39 is 0 Å². The number of carbonyl (C=O) groups is 2. The number of likely N-dealkylation sites (N-methyl/N-ethyl adjacent to an activating group) is 1. The first-order chi connectivity index (χ1) is 13.6. The van der Waals surface area contributed by atoms with Crippen molar-refractivity contribution in [1.29, 1.82) is 0 Å². The van der Waals surface area contributed by atoms with Crippen molar-refractivity contribution in [2.45, 2.75) is 51.0 Å². The second kappa shape index (κ2) is 10.0. The average Bonchev–Trinajstić information content (AvgIpc) is 2.74. The van der Waals surface area contributed by atoms with Crippen LogP contribution in [0.5, 0.6) is 0 Å². The summed E-state index contributed by atoms with van der Waals surface area (Å²) in [4.78, 5) is 32.1. The van der Waals surface area contributed by atoms with Gasteiger partial charge in [-0.2, -0.15) is 0 Å². The van der Waals surface area contributed by atoms with Crippen LogP contribution in [0.4, 0.5) is 0 Å². The highest BCUT2D eigenvalue weighted by molar-refractivity contribution is 5.83. The monoisotopic (exact) mass is 394 g/mol. The Morgan fingerprint density at radius 1 is 1.07 bits per heavy atom. The van der Waals surface area contributed by atoms with Gasteiger partial charge in [0.05, 0.1) is 18.6 Å². The first-order valence-corrected chi connectivity index (χ1v) is 11.0. The number of piperazine rings is 1. The number of ether oxygens (including phenoxy) is 1. The molecule has 3 rings (SSSR count). The molecule has 2 heterocycles. The Bertz CT molecular complexity index is 516. The smallest absolute Gasteiger partial charge is 0.236 e. The average molecular weight is 395 g/mol. The minimum absolute atomic E-state index is 0.223.